The van der Waals surface area contributed by atoms with Crippen molar-refractivity contribution >= 4 is 33.0 Å². The van der Waals surface area contributed by atoms with E-state index in [0.717, 1.165) is 0 Å². The van der Waals surface area contributed by atoms with Crippen molar-refractivity contribution in [2.45, 2.75) is 24.0 Å². The molecule has 17 heavy (non-hydrogen) atoms. The fourth-order valence-electron chi connectivity index (χ4n) is 1.18. The highest BCUT2D eigenvalue weighted by Crippen LogP contribution is 2.20. The van der Waals surface area contributed by atoms with Gasteiger partial charge in [0.1, 0.15) is 5.84 Å². The minimum Gasteiger partial charge on any atom is -0.386 e. The summed E-state index contributed by atoms with van der Waals surface area (Å²) in [6.45, 7) is 3.29. The fourth-order valence-corrected chi connectivity index (χ4v) is 2.30. The molecule has 1 aromatic rings. The maximum atomic E-state index is 11.8. The SMILES string of the molecule is CC(C)S(=O)(=O)c1ccc(N=C(N)CCl)cc1. The van der Waals surface area contributed by atoms with Gasteiger partial charge in [0, 0.05) is 0 Å². The molecule has 0 amide bonds. The number of alkyl halides is 1. The number of rotatable bonds is 4. The average molecular weight is 275 g/mol. The number of hydrogen-bond donors (Lipinski definition) is 1. The average Bonchev–Trinajstić information content (AvgIpc) is 2.29. The van der Waals surface area contributed by atoms with Crippen molar-refractivity contribution in [1.82, 2.24) is 0 Å². The van der Waals surface area contributed by atoms with Crippen molar-refractivity contribution in [3.05, 3.63) is 24.3 Å². The van der Waals surface area contributed by atoms with Gasteiger partial charge in [0.25, 0.3) is 0 Å². The molecule has 0 aliphatic rings. The second kappa shape index (κ2) is 5.51. The Morgan fingerprint density at radius 2 is 1.88 bits per heavy atom. The van der Waals surface area contributed by atoms with Crippen LogP contribution in [0, 0.1) is 0 Å². The highest BCUT2D eigenvalue weighted by molar-refractivity contribution is 7.92. The van der Waals surface area contributed by atoms with Gasteiger partial charge in [-0.2, -0.15) is 0 Å². The van der Waals surface area contributed by atoms with Crippen molar-refractivity contribution in [2.75, 3.05) is 5.88 Å². The van der Waals surface area contributed by atoms with Crippen LogP contribution in [-0.4, -0.2) is 25.4 Å². The maximum absolute atomic E-state index is 11.8. The molecule has 0 heterocycles. The Morgan fingerprint density at radius 3 is 2.29 bits per heavy atom. The van der Waals surface area contributed by atoms with Crippen LogP contribution in [0.5, 0.6) is 0 Å². The Morgan fingerprint density at radius 1 is 1.35 bits per heavy atom. The van der Waals surface area contributed by atoms with Crippen molar-refractivity contribution < 1.29 is 8.42 Å². The van der Waals surface area contributed by atoms with Gasteiger partial charge >= 0.3 is 0 Å². The second-order valence-electron chi connectivity index (χ2n) is 3.82. The molecule has 2 N–H and O–H groups in total. The van der Waals surface area contributed by atoms with Crippen LogP contribution >= 0.6 is 11.6 Å². The van der Waals surface area contributed by atoms with E-state index >= 15 is 0 Å². The van der Waals surface area contributed by atoms with Gasteiger partial charge in [-0.15, -0.1) is 11.6 Å². The van der Waals surface area contributed by atoms with E-state index in [1.54, 1.807) is 26.0 Å². The zero-order valence-electron chi connectivity index (χ0n) is 9.72. The van der Waals surface area contributed by atoms with Gasteiger partial charge in [-0.1, -0.05) is 0 Å². The zero-order chi connectivity index (χ0) is 13.1. The number of halogens is 1. The Bertz CT molecular complexity index is 507. The van der Waals surface area contributed by atoms with E-state index < -0.39 is 15.1 Å². The molecule has 0 aromatic heterocycles. The lowest BCUT2D eigenvalue weighted by molar-refractivity contribution is 0.587. The summed E-state index contributed by atoms with van der Waals surface area (Å²) in [7, 11) is -3.23. The van der Waals surface area contributed by atoms with E-state index in [2.05, 4.69) is 4.99 Å². The molecule has 0 bridgehead atoms. The largest absolute Gasteiger partial charge is 0.386 e. The molecule has 4 nitrogen and oxygen atoms in total. The first kappa shape index (κ1) is 14.0. The van der Waals surface area contributed by atoms with Gasteiger partial charge in [-0.3, -0.25) is 0 Å². The molecule has 0 saturated carbocycles. The van der Waals surface area contributed by atoms with Crippen LogP contribution in [0.4, 0.5) is 5.69 Å². The highest BCUT2D eigenvalue weighted by atomic mass is 35.5. The number of sulfone groups is 1. The molecular weight excluding hydrogens is 260 g/mol. The van der Waals surface area contributed by atoms with Crippen LogP contribution in [0.3, 0.4) is 0 Å². The van der Waals surface area contributed by atoms with E-state index in [9.17, 15) is 8.42 Å². The van der Waals surface area contributed by atoms with Crippen LogP contribution in [0.2, 0.25) is 0 Å². The summed E-state index contributed by atoms with van der Waals surface area (Å²) in [6, 6.07) is 6.26. The van der Waals surface area contributed by atoms with Gasteiger partial charge in [-0.25, -0.2) is 13.4 Å². The van der Waals surface area contributed by atoms with E-state index in [1.807, 2.05) is 0 Å². The molecule has 0 aliphatic heterocycles. The Balaban J connectivity index is 3.05. The molecule has 0 aliphatic carbocycles. The van der Waals surface area contributed by atoms with E-state index in [1.165, 1.54) is 12.1 Å². The Kier molecular flexibility index (Phi) is 4.54. The molecule has 0 radical (unpaired) electrons. The van der Waals surface area contributed by atoms with E-state index in [4.69, 9.17) is 17.3 Å². The first-order valence-electron chi connectivity index (χ1n) is 5.11. The summed E-state index contributed by atoms with van der Waals surface area (Å²) in [5, 5.41) is -0.440. The molecule has 1 aromatic carbocycles. The molecule has 0 saturated heterocycles. The fraction of sp³-hybridized carbons (Fsp3) is 0.364. The molecule has 0 unspecified atom stereocenters. The standard InChI is InChI=1S/C11H15ClN2O2S/c1-8(2)17(15,16)10-5-3-9(4-6-10)14-11(13)7-12/h3-6,8H,7H2,1-2H3,(H2,13,14). The van der Waals surface area contributed by atoms with Crippen molar-refractivity contribution in [2.24, 2.45) is 10.7 Å². The number of benzene rings is 1. The number of amidine groups is 1. The lowest BCUT2D eigenvalue weighted by Crippen LogP contribution is -2.14. The highest BCUT2D eigenvalue weighted by Gasteiger charge is 2.18. The molecule has 94 valence electrons. The normalized spacial score (nSPS) is 13.1. The Labute approximate surface area is 106 Å². The lowest BCUT2D eigenvalue weighted by atomic mass is 10.3. The third-order valence-corrected chi connectivity index (χ3v) is 4.64. The number of aliphatic imine (C=N–C) groups is 1. The Hall–Kier alpha value is -1.07. The van der Waals surface area contributed by atoms with Crippen LogP contribution < -0.4 is 5.73 Å². The van der Waals surface area contributed by atoms with Crippen molar-refractivity contribution in [3.63, 3.8) is 0 Å². The first-order chi connectivity index (χ1) is 7.87. The topological polar surface area (TPSA) is 72.5 Å². The van der Waals surface area contributed by atoms with Gasteiger partial charge < -0.3 is 5.73 Å². The third-order valence-electron chi connectivity index (χ3n) is 2.20. The van der Waals surface area contributed by atoms with Gasteiger partial charge in [-0.05, 0) is 38.1 Å². The minimum absolute atomic E-state index is 0.145. The number of nitrogens with zero attached hydrogens (tertiary/aromatic N) is 1. The minimum atomic E-state index is -3.23. The zero-order valence-corrected chi connectivity index (χ0v) is 11.3. The first-order valence-corrected chi connectivity index (χ1v) is 7.19. The summed E-state index contributed by atoms with van der Waals surface area (Å²) >= 11 is 5.50. The predicted molar refractivity (Wildman–Crippen MR) is 70.8 cm³/mol. The molecular formula is C11H15ClN2O2S. The molecule has 0 fully saturated rings. The van der Waals surface area contributed by atoms with Crippen molar-refractivity contribution in [3.8, 4) is 0 Å². The van der Waals surface area contributed by atoms with Crippen LogP contribution in [0.15, 0.2) is 34.2 Å². The smallest absolute Gasteiger partial charge is 0.180 e. The van der Waals surface area contributed by atoms with E-state index in [-0.39, 0.29) is 10.8 Å². The number of nitrogens with two attached hydrogens (primary N) is 1. The van der Waals surface area contributed by atoms with Gasteiger partial charge in [0.05, 0.1) is 21.7 Å². The molecule has 1 rings (SSSR count). The van der Waals surface area contributed by atoms with Crippen LogP contribution in [0.1, 0.15) is 13.8 Å². The third kappa shape index (κ3) is 3.44. The lowest BCUT2D eigenvalue weighted by Gasteiger charge is -2.07. The van der Waals surface area contributed by atoms with Crippen molar-refractivity contribution in [1.29, 1.82) is 0 Å². The quantitative estimate of drug-likeness (QED) is 0.519. The molecule has 0 atom stereocenters. The monoisotopic (exact) mass is 274 g/mol. The van der Waals surface area contributed by atoms with Crippen LogP contribution in [0.25, 0.3) is 0 Å². The summed E-state index contributed by atoms with van der Waals surface area (Å²) in [4.78, 5) is 4.30. The predicted octanol–water partition coefficient (Wildman–Crippen LogP) is 2.10. The number of hydrogen-bond acceptors (Lipinski definition) is 3. The van der Waals surface area contributed by atoms with Gasteiger partial charge in [0.15, 0.2) is 9.84 Å². The molecule has 0 spiro atoms. The summed E-state index contributed by atoms with van der Waals surface area (Å²) in [6.07, 6.45) is 0. The summed E-state index contributed by atoms with van der Waals surface area (Å²) in [5.74, 6) is 0.442. The second-order valence-corrected chi connectivity index (χ2v) is 6.60. The van der Waals surface area contributed by atoms with E-state index in [0.29, 0.717) is 11.5 Å². The molecule has 6 heteroatoms. The maximum Gasteiger partial charge on any atom is 0.180 e. The summed E-state index contributed by atoms with van der Waals surface area (Å²) in [5.41, 5.74) is 6.07. The summed E-state index contributed by atoms with van der Waals surface area (Å²) < 4.78 is 23.7. The van der Waals surface area contributed by atoms with Gasteiger partial charge in [0.2, 0.25) is 0 Å². The van der Waals surface area contributed by atoms with Crippen LogP contribution in [-0.2, 0) is 9.84 Å².